The van der Waals surface area contributed by atoms with E-state index in [1.54, 1.807) is 38.5 Å². The Morgan fingerprint density at radius 1 is 1.05 bits per heavy atom. The van der Waals surface area contributed by atoms with Crippen LogP contribution in [-0.2, 0) is 17.6 Å². The number of hydrogen-bond acceptors (Lipinski definition) is 6. The van der Waals surface area contributed by atoms with E-state index in [1.165, 1.54) is 18.2 Å². The zero-order valence-corrected chi connectivity index (χ0v) is 23.3. The number of ether oxygens (including phenoxy) is 4. The highest BCUT2D eigenvalue weighted by Gasteiger charge is 2.32. The fraction of sp³-hybridized carbons (Fsp3) is 0.333. The standard InChI is InChI=1S/C30H34N2O5S/c1-6-20-9-7-8-19(2)28(20)31-30(38)32-15-14-22-16-26(34-3)27(35-4)17-24(22)25(32)18-37-23-12-10-21(11-13-23)29(33)36-5/h7-13,16-17,25H,6,14-15,18H2,1-5H3,(H,31,38)/t25-/m0/s1. The van der Waals surface area contributed by atoms with Gasteiger partial charge in [-0.1, -0.05) is 25.1 Å². The van der Waals surface area contributed by atoms with Gasteiger partial charge in [-0.25, -0.2) is 4.79 Å². The Balaban J connectivity index is 1.65. The van der Waals surface area contributed by atoms with Crippen LogP contribution in [0.2, 0.25) is 0 Å². The van der Waals surface area contributed by atoms with Crippen LogP contribution in [0.1, 0.15) is 45.6 Å². The molecule has 0 amide bonds. The lowest BCUT2D eigenvalue weighted by molar-refractivity contribution is 0.0600. The molecule has 1 heterocycles. The van der Waals surface area contributed by atoms with Crippen LogP contribution >= 0.6 is 12.2 Å². The van der Waals surface area contributed by atoms with Crippen LogP contribution in [0.5, 0.6) is 17.2 Å². The number of esters is 1. The summed E-state index contributed by atoms with van der Waals surface area (Å²) in [6.45, 7) is 5.29. The van der Waals surface area contributed by atoms with Crippen molar-refractivity contribution in [3.05, 3.63) is 82.4 Å². The third kappa shape index (κ3) is 5.70. The molecule has 1 atom stereocenters. The number of nitrogens with one attached hydrogen (secondary N) is 1. The molecule has 0 unspecified atom stereocenters. The predicted molar refractivity (Wildman–Crippen MR) is 153 cm³/mol. The van der Waals surface area contributed by atoms with E-state index in [0.717, 1.165) is 36.2 Å². The highest BCUT2D eigenvalue weighted by molar-refractivity contribution is 7.80. The van der Waals surface area contributed by atoms with Gasteiger partial charge in [0.05, 0.1) is 32.9 Å². The number of carbonyl (C=O) groups is 1. The molecule has 0 fully saturated rings. The first kappa shape index (κ1) is 27.3. The summed E-state index contributed by atoms with van der Waals surface area (Å²) < 4.78 is 22.2. The minimum Gasteiger partial charge on any atom is -0.493 e. The van der Waals surface area contributed by atoms with Crippen LogP contribution in [0, 0.1) is 6.92 Å². The van der Waals surface area contributed by atoms with Crippen molar-refractivity contribution in [1.82, 2.24) is 4.90 Å². The van der Waals surface area contributed by atoms with Crippen LogP contribution in [0.4, 0.5) is 5.69 Å². The van der Waals surface area contributed by atoms with Crippen molar-refractivity contribution in [1.29, 1.82) is 0 Å². The second-order valence-corrected chi connectivity index (χ2v) is 9.47. The first-order valence-electron chi connectivity index (χ1n) is 12.6. The third-order valence-electron chi connectivity index (χ3n) is 6.92. The van der Waals surface area contributed by atoms with E-state index in [9.17, 15) is 4.79 Å². The van der Waals surface area contributed by atoms with Crippen molar-refractivity contribution in [2.45, 2.75) is 32.7 Å². The van der Waals surface area contributed by atoms with E-state index in [1.807, 2.05) is 12.1 Å². The predicted octanol–water partition coefficient (Wildman–Crippen LogP) is 5.74. The number of para-hydroxylation sites is 1. The molecule has 0 aromatic heterocycles. The molecular weight excluding hydrogens is 500 g/mol. The molecule has 8 heteroatoms. The van der Waals surface area contributed by atoms with Crippen LogP contribution in [0.15, 0.2) is 54.6 Å². The van der Waals surface area contributed by atoms with Gasteiger partial charge >= 0.3 is 5.97 Å². The zero-order chi connectivity index (χ0) is 27.2. The van der Waals surface area contributed by atoms with Gasteiger partial charge in [0.15, 0.2) is 16.6 Å². The minimum absolute atomic E-state index is 0.173. The fourth-order valence-corrected chi connectivity index (χ4v) is 5.13. The Morgan fingerprint density at radius 2 is 1.76 bits per heavy atom. The second kappa shape index (κ2) is 12.2. The molecule has 0 bridgehead atoms. The number of hydrogen-bond donors (Lipinski definition) is 1. The maximum atomic E-state index is 11.8. The van der Waals surface area contributed by atoms with Crippen LogP contribution in [0.25, 0.3) is 0 Å². The van der Waals surface area contributed by atoms with Crippen molar-refractivity contribution in [2.75, 3.05) is 39.8 Å². The Kier molecular flexibility index (Phi) is 8.73. The quantitative estimate of drug-likeness (QED) is 0.290. The Bertz CT molecular complexity index is 1310. The number of anilines is 1. The number of carbonyl (C=O) groups excluding carboxylic acids is 1. The van der Waals surface area contributed by atoms with Gasteiger partial charge in [0.2, 0.25) is 0 Å². The lowest BCUT2D eigenvalue weighted by Crippen LogP contribution is -2.44. The van der Waals surface area contributed by atoms with Crippen molar-refractivity contribution >= 4 is 29.0 Å². The smallest absolute Gasteiger partial charge is 0.337 e. The van der Waals surface area contributed by atoms with E-state index < -0.39 is 0 Å². The summed E-state index contributed by atoms with van der Waals surface area (Å²) in [4.78, 5) is 14.0. The number of fused-ring (bicyclic) bond motifs is 1. The molecule has 200 valence electrons. The molecule has 1 aliphatic heterocycles. The fourth-order valence-electron chi connectivity index (χ4n) is 4.81. The minimum atomic E-state index is -0.385. The lowest BCUT2D eigenvalue weighted by atomic mass is 9.92. The molecule has 0 aliphatic carbocycles. The molecule has 0 spiro atoms. The molecular formula is C30H34N2O5S. The van der Waals surface area contributed by atoms with Gasteiger partial charge < -0.3 is 29.2 Å². The number of thiocarbonyl (C=S) groups is 1. The summed E-state index contributed by atoms with van der Waals surface area (Å²) in [7, 11) is 4.64. The summed E-state index contributed by atoms with van der Waals surface area (Å²) in [6, 6.07) is 17.1. The second-order valence-electron chi connectivity index (χ2n) is 9.08. The molecule has 7 nitrogen and oxygen atoms in total. The van der Waals surface area contributed by atoms with Gasteiger partial charge in [0, 0.05) is 12.2 Å². The SMILES string of the molecule is CCc1cccc(C)c1NC(=S)N1CCc2cc(OC)c(OC)cc2[C@@H]1COc1ccc(C(=O)OC)cc1. The zero-order valence-electron chi connectivity index (χ0n) is 22.5. The molecule has 1 N–H and O–H groups in total. The number of benzene rings is 3. The average Bonchev–Trinajstić information content (AvgIpc) is 2.95. The van der Waals surface area contributed by atoms with E-state index >= 15 is 0 Å². The molecule has 1 aliphatic rings. The molecule has 3 aromatic carbocycles. The van der Waals surface area contributed by atoms with Crippen molar-refractivity contribution in [3.8, 4) is 17.2 Å². The van der Waals surface area contributed by atoms with E-state index in [-0.39, 0.29) is 12.0 Å². The maximum absolute atomic E-state index is 11.8. The summed E-state index contributed by atoms with van der Waals surface area (Å²) >= 11 is 5.98. The monoisotopic (exact) mass is 534 g/mol. The summed E-state index contributed by atoms with van der Waals surface area (Å²) in [5, 5.41) is 4.17. The van der Waals surface area contributed by atoms with Gasteiger partial charge in [-0.05, 0) is 90.6 Å². The largest absolute Gasteiger partial charge is 0.493 e. The Morgan fingerprint density at radius 3 is 2.42 bits per heavy atom. The first-order chi connectivity index (χ1) is 18.4. The van der Waals surface area contributed by atoms with Crippen molar-refractivity contribution in [3.63, 3.8) is 0 Å². The highest BCUT2D eigenvalue weighted by Crippen LogP contribution is 2.39. The van der Waals surface area contributed by atoms with Gasteiger partial charge in [-0.3, -0.25) is 0 Å². The van der Waals surface area contributed by atoms with Crippen LogP contribution in [-0.4, -0.2) is 50.5 Å². The van der Waals surface area contributed by atoms with Gasteiger partial charge in [-0.2, -0.15) is 0 Å². The van der Waals surface area contributed by atoms with Crippen molar-refractivity contribution < 1.29 is 23.7 Å². The van der Waals surface area contributed by atoms with Gasteiger partial charge in [0.25, 0.3) is 0 Å². The Hall–Kier alpha value is -3.78. The van der Waals surface area contributed by atoms with Gasteiger partial charge in [-0.15, -0.1) is 0 Å². The molecule has 0 saturated heterocycles. The lowest BCUT2D eigenvalue weighted by Gasteiger charge is -2.39. The third-order valence-corrected chi connectivity index (χ3v) is 7.26. The maximum Gasteiger partial charge on any atom is 0.337 e. The van der Waals surface area contributed by atoms with E-state index in [0.29, 0.717) is 34.5 Å². The van der Waals surface area contributed by atoms with Gasteiger partial charge in [0.1, 0.15) is 12.4 Å². The summed E-state index contributed by atoms with van der Waals surface area (Å²) in [5.41, 5.74) is 6.13. The first-order valence-corrected chi connectivity index (χ1v) is 13.0. The normalized spacial score (nSPS) is 14.3. The molecule has 0 radical (unpaired) electrons. The summed E-state index contributed by atoms with van der Waals surface area (Å²) in [6.07, 6.45) is 1.71. The van der Waals surface area contributed by atoms with Crippen LogP contribution < -0.4 is 19.5 Å². The van der Waals surface area contributed by atoms with Crippen LogP contribution in [0.3, 0.4) is 0 Å². The number of methoxy groups -OCH3 is 3. The highest BCUT2D eigenvalue weighted by atomic mass is 32.1. The Labute approximate surface area is 229 Å². The topological polar surface area (TPSA) is 69.3 Å². The number of aryl methyl sites for hydroxylation is 2. The number of rotatable bonds is 8. The molecule has 3 aromatic rings. The van der Waals surface area contributed by atoms with E-state index in [2.05, 4.69) is 42.3 Å². The summed E-state index contributed by atoms with van der Waals surface area (Å²) in [5.74, 6) is 1.62. The molecule has 38 heavy (non-hydrogen) atoms. The number of nitrogens with zero attached hydrogens (tertiary/aromatic N) is 1. The molecule has 0 saturated carbocycles. The van der Waals surface area contributed by atoms with Crippen molar-refractivity contribution in [2.24, 2.45) is 0 Å². The average molecular weight is 535 g/mol. The van der Waals surface area contributed by atoms with E-state index in [4.69, 9.17) is 31.2 Å². The molecule has 4 rings (SSSR count).